The van der Waals surface area contributed by atoms with E-state index in [2.05, 4.69) is 45.1 Å². The minimum Gasteiger partial charge on any atom is -1.00 e. The van der Waals surface area contributed by atoms with Crippen LogP contribution in [0.3, 0.4) is 0 Å². The fourth-order valence-electron chi connectivity index (χ4n) is 4.48. The van der Waals surface area contributed by atoms with E-state index in [1.165, 1.54) is 17.2 Å². The second kappa shape index (κ2) is 28.1. The maximum Gasteiger partial charge on any atom is 0.323 e. The van der Waals surface area contributed by atoms with Gasteiger partial charge in [-0.15, -0.1) is 11.6 Å². The van der Waals surface area contributed by atoms with Gasteiger partial charge in [0.2, 0.25) is 6.08 Å². The van der Waals surface area contributed by atoms with Crippen LogP contribution in [0.5, 0.6) is 0 Å². The highest BCUT2D eigenvalue weighted by Crippen LogP contribution is 2.14. The van der Waals surface area contributed by atoms with E-state index in [4.69, 9.17) is 17.3 Å². The van der Waals surface area contributed by atoms with Crippen molar-refractivity contribution >= 4 is 63.9 Å². The number of aryl methyl sites for hydroxylation is 4. The number of rotatable bonds is 8. The third kappa shape index (κ3) is 20.0. The van der Waals surface area contributed by atoms with Crippen LogP contribution in [0.15, 0.2) is 151 Å². The summed E-state index contributed by atoms with van der Waals surface area (Å²) in [4.78, 5) is 40.6. The number of hydrogen-bond donors (Lipinski definition) is 5. The number of isocyanates is 1. The lowest BCUT2D eigenvalue weighted by Gasteiger charge is -2.07. The third-order valence-corrected chi connectivity index (χ3v) is 7.99. The van der Waals surface area contributed by atoms with E-state index in [0.29, 0.717) is 11.6 Å². The molecule has 304 valence electrons. The molecule has 0 saturated heterocycles. The van der Waals surface area contributed by atoms with Crippen LogP contribution in [0, 0.1) is 0 Å². The van der Waals surface area contributed by atoms with Crippen molar-refractivity contribution in [3.05, 3.63) is 163 Å². The number of aliphatic imine (C=N–C) groups is 1. The van der Waals surface area contributed by atoms with Gasteiger partial charge in [-0.3, -0.25) is 4.98 Å². The molecule has 3 aromatic carbocycles. The summed E-state index contributed by atoms with van der Waals surface area (Å²) in [5, 5.41) is 11.2. The zero-order valence-corrected chi connectivity index (χ0v) is 35.0. The predicted octanol–water partition coefficient (Wildman–Crippen LogP) is 2.50. The number of nitrogens with two attached hydrogens (primary N) is 1. The van der Waals surface area contributed by atoms with Crippen LogP contribution in [-0.4, -0.2) is 23.1 Å². The molecule has 4 amide bonds. The molecular formula is C43H48Cl3N9O3. The first-order chi connectivity index (χ1) is 27.1. The van der Waals surface area contributed by atoms with E-state index in [9.17, 15) is 14.4 Å². The zero-order valence-electron chi connectivity index (χ0n) is 32.7. The molecule has 0 unspecified atom stereocenters. The van der Waals surface area contributed by atoms with Crippen LogP contribution in [0.2, 0.25) is 0 Å². The molecule has 3 aromatic heterocycles. The Morgan fingerprint density at radius 2 is 0.948 bits per heavy atom. The Balaban J connectivity index is 0.000000405. The molecule has 12 nitrogen and oxygen atoms in total. The molecule has 0 saturated carbocycles. The average Bonchev–Trinajstić information content (AvgIpc) is 3.22. The van der Waals surface area contributed by atoms with Crippen LogP contribution < -0.4 is 60.9 Å². The van der Waals surface area contributed by atoms with Gasteiger partial charge in [0.15, 0.2) is 24.8 Å². The van der Waals surface area contributed by atoms with Crippen molar-refractivity contribution < 1.29 is 48.3 Å². The van der Waals surface area contributed by atoms with Crippen LogP contribution in [0.4, 0.5) is 43.7 Å². The standard InChI is InChI=1S/2C15H17N3O.C8H6ClNO.C5H6N2.2ClH/c2*1-3-12-4-6-13(7-5-12)16-15(19)17-14-8-10-18(2)11-9-14;9-5-7-1-3-8(4-2-7)10-6-11;6-5-1-3-7-4-2-5;;/h2*4-11H,3H2,1-2H3,(H,16,19);1-4H,5H2;1-4H,(H2,6,7);2*1H. The third-order valence-electron chi connectivity index (χ3n) is 7.68. The first-order valence-corrected chi connectivity index (χ1v) is 18.3. The van der Waals surface area contributed by atoms with Crippen molar-refractivity contribution in [1.29, 1.82) is 0 Å². The van der Waals surface area contributed by atoms with Crippen LogP contribution in [-0.2, 0) is 37.6 Å². The largest absolute Gasteiger partial charge is 1.00 e. The zero-order chi connectivity index (χ0) is 40.5. The van der Waals surface area contributed by atoms with Crippen molar-refractivity contribution in [2.45, 2.75) is 32.6 Å². The lowest BCUT2D eigenvalue weighted by molar-refractivity contribution is -0.671. The fraction of sp³-hybridized carbons (Fsp3) is 0.163. The second-order valence-corrected chi connectivity index (χ2v) is 12.3. The van der Waals surface area contributed by atoms with E-state index < -0.39 is 0 Å². The van der Waals surface area contributed by atoms with Gasteiger partial charge in [0, 0.05) is 59.6 Å². The van der Waals surface area contributed by atoms with Crippen LogP contribution >= 0.6 is 11.6 Å². The number of nitrogens with zero attached hydrogens (tertiary/aromatic N) is 4. The quantitative estimate of drug-likeness (QED) is 0.0689. The highest BCUT2D eigenvalue weighted by Gasteiger charge is 2.05. The van der Waals surface area contributed by atoms with E-state index in [1.807, 2.05) is 133 Å². The number of alkyl halides is 1. The number of halogens is 3. The van der Waals surface area contributed by atoms with Crippen molar-refractivity contribution in [2.75, 3.05) is 27.0 Å². The van der Waals surface area contributed by atoms with Gasteiger partial charge in [-0.1, -0.05) is 50.2 Å². The first-order valence-electron chi connectivity index (χ1n) is 17.7. The Bertz CT molecular complexity index is 2000. The maximum absolute atomic E-state index is 11.8. The molecule has 0 bridgehead atoms. The Kier molecular flexibility index (Phi) is 24.1. The van der Waals surface area contributed by atoms with Gasteiger partial charge in [-0.05, 0) is 78.1 Å². The van der Waals surface area contributed by atoms with Crippen molar-refractivity contribution in [1.82, 2.24) is 4.98 Å². The maximum atomic E-state index is 11.8. The molecule has 0 aliphatic carbocycles. The van der Waals surface area contributed by atoms with Gasteiger partial charge < -0.3 is 51.8 Å². The molecule has 0 aliphatic rings. The minimum atomic E-state index is -0.238. The van der Waals surface area contributed by atoms with E-state index in [1.54, 1.807) is 36.7 Å². The molecule has 6 N–H and O–H groups in total. The van der Waals surface area contributed by atoms with E-state index in [-0.39, 0.29) is 36.9 Å². The first kappa shape index (κ1) is 49.7. The molecule has 15 heteroatoms. The number of nitrogens with one attached hydrogen (secondary N) is 4. The Morgan fingerprint density at radius 3 is 1.24 bits per heavy atom. The summed E-state index contributed by atoms with van der Waals surface area (Å²) in [7, 11) is 3.86. The molecule has 6 aromatic rings. The highest BCUT2D eigenvalue weighted by atomic mass is 35.5. The Labute approximate surface area is 357 Å². The number of amides is 4. The smallest absolute Gasteiger partial charge is 0.323 e. The summed E-state index contributed by atoms with van der Waals surface area (Å²) in [6, 6.07) is 33.2. The van der Waals surface area contributed by atoms with E-state index >= 15 is 0 Å². The van der Waals surface area contributed by atoms with Crippen molar-refractivity contribution in [3.63, 3.8) is 0 Å². The summed E-state index contributed by atoms with van der Waals surface area (Å²) in [5.41, 5.74) is 13.3. The van der Waals surface area contributed by atoms with Gasteiger partial charge in [-0.25, -0.2) is 23.5 Å². The Hall–Kier alpha value is -6.30. The SMILES string of the molecule is CCc1ccc(NC(=O)Nc2cc[n+](C)cc2)cc1.CCc1ccc(NC(=O)Nc2cc[n+](C)cc2)cc1.Nc1ccncc1.O=C=Nc1ccc(CCl)cc1.[Cl-].[Cl-]. The van der Waals surface area contributed by atoms with Gasteiger partial charge in [-0.2, -0.15) is 4.99 Å². The number of aromatic nitrogens is 3. The van der Waals surface area contributed by atoms with Gasteiger partial charge in [0.05, 0.1) is 17.1 Å². The van der Waals surface area contributed by atoms with Gasteiger partial charge in [0.1, 0.15) is 14.1 Å². The lowest BCUT2D eigenvalue weighted by Crippen LogP contribution is -3.00. The van der Waals surface area contributed by atoms with E-state index in [0.717, 1.165) is 46.8 Å². The number of urea groups is 2. The topological polar surface area (TPSA) is 158 Å². The highest BCUT2D eigenvalue weighted by molar-refractivity contribution is 6.17. The molecule has 0 aliphatic heterocycles. The Morgan fingerprint density at radius 1 is 0.603 bits per heavy atom. The summed E-state index contributed by atoms with van der Waals surface area (Å²) in [6.45, 7) is 4.20. The molecular weight excluding hydrogens is 797 g/mol. The lowest BCUT2D eigenvalue weighted by atomic mass is 10.1. The molecule has 0 atom stereocenters. The number of pyridine rings is 3. The van der Waals surface area contributed by atoms with Crippen LogP contribution in [0.25, 0.3) is 0 Å². The number of carbonyl (C=O) groups excluding carboxylic acids is 3. The molecule has 0 spiro atoms. The molecule has 58 heavy (non-hydrogen) atoms. The fourth-order valence-corrected chi connectivity index (χ4v) is 4.66. The number of hydrogen-bond acceptors (Lipinski definition) is 6. The number of carbonyl (C=O) groups is 2. The monoisotopic (exact) mass is 843 g/mol. The second-order valence-electron chi connectivity index (χ2n) is 12.0. The number of nitrogen functional groups attached to an aromatic ring is 1. The van der Waals surface area contributed by atoms with Crippen molar-refractivity contribution in [3.8, 4) is 0 Å². The normalized spacial score (nSPS) is 9.26. The summed E-state index contributed by atoms with van der Waals surface area (Å²) >= 11 is 5.55. The molecule has 0 fully saturated rings. The van der Waals surface area contributed by atoms with Gasteiger partial charge >= 0.3 is 12.1 Å². The molecule has 6 rings (SSSR count). The molecule has 0 radical (unpaired) electrons. The summed E-state index contributed by atoms with van der Waals surface area (Å²) in [5.74, 6) is 0.477. The van der Waals surface area contributed by atoms with Gasteiger partial charge in [0.25, 0.3) is 0 Å². The van der Waals surface area contributed by atoms with Crippen LogP contribution in [0.1, 0.15) is 30.5 Å². The minimum absolute atomic E-state index is 0. The average molecular weight is 845 g/mol. The van der Waals surface area contributed by atoms with Crippen molar-refractivity contribution in [2.24, 2.45) is 19.1 Å². The number of benzene rings is 3. The summed E-state index contributed by atoms with van der Waals surface area (Å²) in [6.07, 6.45) is 14.3. The summed E-state index contributed by atoms with van der Waals surface area (Å²) < 4.78 is 3.82. The predicted molar refractivity (Wildman–Crippen MR) is 225 cm³/mol. The number of anilines is 5. The molecule has 3 heterocycles.